The second kappa shape index (κ2) is 13.0. The molecule has 0 radical (unpaired) electrons. The number of benzene rings is 8. The smallest absolute Gasteiger partial charge is 0.211 e. The SMILES string of the molecule is [C-]#[N+]c1cc(-c2ccccc2)cc(-c2ccccc2)c1-n1ccc2c3c(ccc21)Oc1ccccc1-c1cc(-c2ccccc2)c(-c2ccccc2)cc1-3. The Morgan fingerprint density at radius 3 is 1.59 bits per heavy atom. The zero-order chi connectivity index (χ0) is 36.0. The largest absolute Gasteiger partial charge is 0.456 e. The van der Waals surface area contributed by atoms with Crippen molar-refractivity contribution in [2.24, 2.45) is 0 Å². The van der Waals surface area contributed by atoms with E-state index in [2.05, 4.69) is 167 Å². The molecule has 0 aliphatic carbocycles. The summed E-state index contributed by atoms with van der Waals surface area (Å²) in [5.41, 5.74) is 15.5. The first kappa shape index (κ1) is 31.3. The van der Waals surface area contributed by atoms with Gasteiger partial charge in [-0.3, -0.25) is 0 Å². The van der Waals surface area contributed by atoms with E-state index in [0.29, 0.717) is 5.69 Å². The van der Waals surface area contributed by atoms with Crippen molar-refractivity contribution in [1.29, 1.82) is 0 Å². The average molecular weight is 689 g/mol. The van der Waals surface area contributed by atoms with Crippen LogP contribution in [0.25, 0.3) is 88.2 Å². The van der Waals surface area contributed by atoms with Gasteiger partial charge in [-0.25, -0.2) is 4.85 Å². The molecule has 10 rings (SSSR count). The molecular formula is C51H32N2O. The van der Waals surface area contributed by atoms with Gasteiger partial charge in [-0.2, -0.15) is 0 Å². The van der Waals surface area contributed by atoms with E-state index in [1.54, 1.807) is 0 Å². The minimum Gasteiger partial charge on any atom is -0.456 e. The molecule has 0 N–H and O–H groups in total. The molecule has 0 atom stereocenters. The normalized spacial score (nSPS) is 11.5. The fourth-order valence-corrected chi connectivity index (χ4v) is 7.99. The van der Waals surface area contributed by atoms with Crippen LogP contribution in [0.4, 0.5) is 5.69 Å². The summed E-state index contributed by atoms with van der Waals surface area (Å²) in [6.45, 7) is 8.45. The van der Waals surface area contributed by atoms with Gasteiger partial charge in [0.25, 0.3) is 0 Å². The molecule has 0 spiro atoms. The highest BCUT2D eigenvalue weighted by Crippen LogP contribution is 2.53. The number of fused-ring (bicyclic) bond motifs is 7. The maximum absolute atomic E-state index is 8.45. The highest BCUT2D eigenvalue weighted by Gasteiger charge is 2.27. The number of hydrogen-bond donors (Lipinski definition) is 0. The van der Waals surface area contributed by atoms with E-state index in [1.165, 1.54) is 0 Å². The van der Waals surface area contributed by atoms with Gasteiger partial charge in [0.15, 0.2) is 0 Å². The summed E-state index contributed by atoms with van der Waals surface area (Å²) in [6, 6.07) is 65.6. The van der Waals surface area contributed by atoms with Crippen molar-refractivity contribution in [1.82, 2.24) is 4.57 Å². The van der Waals surface area contributed by atoms with Gasteiger partial charge in [0.1, 0.15) is 11.5 Å². The van der Waals surface area contributed by atoms with Gasteiger partial charge >= 0.3 is 0 Å². The summed E-state index contributed by atoms with van der Waals surface area (Å²) in [5, 5.41) is 1.05. The lowest BCUT2D eigenvalue weighted by atomic mass is 9.85. The zero-order valence-corrected chi connectivity index (χ0v) is 29.3. The maximum Gasteiger partial charge on any atom is 0.211 e. The molecule has 252 valence electrons. The fourth-order valence-electron chi connectivity index (χ4n) is 7.99. The minimum atomic E-state index is 0.588. The molecule has 1 aliphatic heterocycles. The Kier molecular flexibility index (Phi) is 7.53. The number of hydrogen-bond acceptors (Lipinski definition) is 1. The van der Waals surface area contributed by atoms with Crippen LogP contribution in [0.15, 0.2) is 194 Å². The molecule has 0 amide bonds. The molecule has 3 heteroatoms. The first-order chi connectivity index (χ1) is 26.7. The number of rotatable bonds is 5. The first-order valence-corrected chi connectivity index (χ1v) is 18.1. The average Bonchev–Trinajstić information content (AvgIpc) is 3.62. The van der Waals surface area contributed by atoms with Crippen LogP contribution in [0.3, 0.4) is 0 Å². The summed E-state index contributed by atoms with van der Waals surface area (Å²) in [5.74, 6) is 1.62. The van der Waals surface area contributed by atoms with E-state index in [4.69, 9.17) is 11.3 Å². The molecular weight excluding hydrogens is 657 g/mol. The molecule has 3 nitrogen and oxygen atoms in total. The Balaban J connectivity index is 1.27. The van der Waals surface area contributed by atoms with Gasteiger partial charge in [0, 0.05) is 22.7 Å². The Morgan fingerprint density at radius 2 is 0.963 bits per heavy atom. The maximum atomic E-state index is 8.45. The van der Waals surface area contributed by atoms with Crippen LogP contribution in [0.1, 0.15) is 0 Å². The van der Waals surface area contributed by atoms with Crippen LogP contribution in [-0.4, -0.2) is 4.57 Å². The van der Waals surface area contributed by atoms with Crippen LogP contribution in [0.5, 0.6) is 11.5 Å². The van der Waals surface area contributed by atoms with Gasteiger partial charge < -0.3 is 9.30 Å². The lowest BCUT2D eigenvalue weighted by Crippen LogP contribution is -1.98. The van der Waals surface area contributed by atoms with Crippen molar-refractivity contribution in [3.05, 3.63) is 206 Å². The fraction of sp³-hybridized carbons (Fsp3) is 0. The Hall–Kier alpha value is -7.41. The van der Waals surface area contributed by atoms with E-state index in [1.807, 2.05) is 36.4 Å². The molecule has 0 bridgehead atoms. The third-order valence-corrected chi connectivity index (χ3v) is 10.5. The summed E-state index contributed by atoms with van der Waals surface area (Å²) in [6.07, 6.45) is 2.11. The van der Waals surface area contributed by atoms with Crippen LogP contribution in [-0.2, 0) is 0 Å². The quantitative estimate of drug-likeness (QED) is 0.165. The molecule has 1 aromatic heterocycles. The Morgan fingerprint density at radius 1 is 0.407 bits per heavy atom. The Bertz CT molecular complexity index is 2890. The van der Waals surface area contributed by atoms with Crippen molar-refractivity contribution < 1.29 is 4.74 Å². The minimum absolute atomic E-state index is 0.588. The second-order valence-corrected chi connectivity index (χ2v) is 13.6. The highest BCUT2D eigenvalue weighted by atomic mass is 16.5. The molecule has 0 saturated heterocycles. The van der Waals surface area contributed by atoms with E-state index in [-0.39, 0.29) is 0 Å². The number of nitrogens with zero attached hydrogens (tertiary/aromatic N) is 2. The third kappa shape index (κ3) is 5.20. The molecule has 0 unspecified atom stereocenters. The van der Waals surface area contributed by atoms with Crippen molar-refractivity contribution >= 4 is 16.6 Å². The van der Waals surface area contributed by atoms with E-state index < -0.39 is 0 Å². The number of para-hydroxylation sites is 1. The molecule has 2 heterocycles. The van der Waals surface area contributed by atoms with Gasteiger partial charge in [0.05, 0.1) is 17.8 Å². The molecule has 0 saturated carbocycles. The summed E-state index contributed by atoms with van der Waals surface area (Å²) < 4.78 is 9.03. The van der Waals surface area contributed by atoms with Crippen LogP contribution in [0.2, 0.25) is 0 Å². The standard InChI is InChI=1S/C51H32N2O/c1-52-46-31-38(34-16-6-2-7-17-34)30-43(37-22-12-5-13-23-37)51(46)53-29-28-40-47(53)26-27-49-50(40)45-33-42(36-20-10-4-11-21-36)41(35-18-8-3-9-19-35)32-44(45)39-24-14-15-25-48(39)54-49/h2-33H. The summed E-state index contributed by atoms with van der Waals surface area (Å²) in [7, 11) is 0. The van der Waals surface area contributed by atoms with E-state index in [9.17, 15) is 0 Å². The lowest BCUT2D eigenvalue weighted by molar-refractivity contribution is 0.488. The second-order valence-electron chi connectivity index (χ2n) is 13.6. The van der Waals surface area contributed by atoms with Gasteiger partial charge in [-0.1, -0.05) is 140 Å². The predicted molar refractivity (Wildman–Crippen MR) is 222 cm³/mol. The first-order valence-electron chi connectivity index (χ1n) is 18.1. The monoisotopic (exact) mass is 688 g/mol. The topological polar surface area (TPSA) is 18.5 Å². The van der Waals surface area contributed by atoms with Crippen LogP contribution in [0, 0.1) is 6.57 Å². The van der Waals surface area contributed by atoms with Crippen molar-refractivity contribution in [2.75, 3.05) is 0 Å². The van der Waals surface area contributed by atoms with Crippen molar-refractivity contribution in [2.45, 2.75) is 0 Å². The van der Waals surface area contributed by atoms with Gasteiger partial charge in [-0.15, -0.1) is 0 Å². The molecule has 54 heavy (non-hydrogen) atoms. The third-order valence-electron chi connectivity index (χ3n) is 10.5. The van der Waals surface area contributed by atoms with Crippen molar-refractivity contribution in [3.8, 4) is 83.9 Å². The van der Waals surface area contributed by atoms with Crippen LogP contribution < -0.4 is 4.74 Å². The number of ether oxygens (including phenoxy) is 1. The summed E-state index contributed by atoms with van der Waals surface area (Å²) >= 11 is 0. The van der Waals surface area contributed by atoms with Crippen molar-refractivity contribution in [3.63, 3.8) is 0 Å². The predicted octanol–water partition coefficient (Wildman–Crippen LogP) is 14.3. The molecule has 1 aliphatic rings. The van der Waals surface area contributed by atoms with E-state index >= 15 is 0 Å². The molecule has 9 aromatic rings. The lowest BCUT2D eigenvalue weighted by Gasteiger charge is -2.19. The Labute approximate surface area is 314 Å². The van der Waals surface area contributed by atoms with Gasteiger partial charge in [-0.05, 0) is 104 Å². The number of aromatic nitrogens is 1. The summed E-state index contributed by atoms with van der Waals surface area (Å²) in [4.78, 5) is 4.16. The molecule has 8 aromatic carbocycles. The van der Waals surface area contributed by atoms with Crippen LogP contribution >= 0.6 is 0 Å². The van der Waals surface area contributed by atoms with E-state index in [0.717, 1.165) is 94.9 Å². The zero-order valence-electron chi connectivity index (χ0n) is 29.3. The highest BCUT2D eigenvalue weighted by molar-refractivity contribution is 6.08. The van der Waals surface area contributed by atoms with Gasteiger partial charge in [0.2, 0.25) is 5.69 Å². The molecule has 0 fully saturated rings.